The number of nitrogens with zero attached hydrogens (tertiary/aromatic N) is 3. The van der Waals surface area contributed by atoms with E-state index in [1.165, 1.54) is 34.0 Å². The minimum Gasteiger partial charge on any atom is -0.296 e. The molecule has 5 nitrogen and oxygen atoms in total. The number of anilines is 1. The monoisotopic (exact) mass is 451 g/mol. The average molecular weight is 452 g/mol. The van der Waals surface area contributed by atoms with Crippen LogP contribution in [0.2, 0.25) is 0 Å². The van der Waals surface area contributed by atoms with E-state index in [1.807, 2.05) is 0 Å². The Bertz CT molecular complexity index is 849. The molecule has 0 N–H and O–H groups in total. The van der Waals surface area contributed by atoms with Crippen molar-refractivity contribution in [3.05, 3.63) is 50.9 Å². The Balaban J connectivity index is 1.38. The summed E-state index contributed by atoms with van der Waals surface area (Å²) in [6.07, 6.45) is 0.189. The van der Waals surface area contributed by atoms with E-state index in [0.29, 0.717) is 5.69 Å². The summed E-state index contributed by atoms with van der Waals surface area (Å²) in [6.45, 7) is 4.15. The molecule has 0 bridgehead atoms. The molecular formula is C19H19BrFN3O2S. The smallest absolute Gasteiger partial charge is 0.251 e. The maximum absolute atomic E-state index is 13.1. The Morgan fingerprint density at radius 1 is 1.04 bits per heavy atom. The molecule has 0 unspecified atom stereocenters. The van der Waals surface area contributed by atoms with Crippen molar-refractivity contribution < 1.29 is 14.0 Å². The van der Waals surface area contributed by atoms with Crippen molar-refractivity contribution >= 4 is 44.8 Å². The fraction of sp³-hybridized carbons (Fsp3) is 0.368. The Labute approximate surface area is 169 Å². The number of thiophene rings is 1. The maximum Gasteiger partial charge on any atom is 0.251 e. The van der Waals surface area contributed by atoms with E-state index in [9.17, 15) is 14.0 Å². The second kappa shape index (κ2) is 7.79. The van der Waals surface area contributed by atoms with E-state index in [0.717, 1.165) is 36.5 Å². The molecule has 4 rings (SSSR count). The maximum atomic E-state index is 13.1. The van der Waals surface area contributed by atoms with Crippen LogP contribution in [0.25, 0.3) is 0 Å². The Morgan fingerprint density at radius 3 is 2.37 bits per heavy atom. The number of carbonyl (C=O) groups is 2. The van der Waals surface area contributed by atoms with E-state index < -0.39 is 6.04 Å². The molecule has 27 heavy (non-hydrogen) atoms. The zero-order valence-corrected chi connectivity index (χ0v) is 17.0. The van der Waals surface area contributed by atoms with Gasteiger partial charge in [0.25, 0.3) is 5.91 Å². The predicted octanol–water partition coefficient (Wildman–Crippen LogP) is 3.10. The summed E-state index contributed by atoms with van der Waals surface area (Å²) in [4.78, 5) is 32.2. The van der Waals surface area contributed by atoms with Crippen LogP contribution < -0.4 is 4.90 Å². The molecule has 2 aromatic rings. The van der Waals surface area contributed by atoms with E-state index >= 15 is 0 Å². The topological polar surface area (TPSA) is 43.9 Å². The SMILES string of the molecule is O=C1C[C@H](N2CCN(Cc3ccc(Br)s3)CC2)C(=O)N1c1ccc(F)cc1. The van der Waals surface area contributed by atoms with Gasteiger partial charge >= 0.3 is 0 Å². The molecule has 0 aliphatic carbocycles. The van der Waals surface area contributed by atoms with E-state index in [4.69, 9.17) is 0 Å². The fourth-order valence-corrected chi connectivity index (χ4v) is 5.18. The van der Waals surface area contributed by atoms with Crippen molar-refractivity contribution in [2.45, 2.75) is 19.0 Å². The first-order chi connectivity index (χ1) is 13.0. The molecule has 142 valence electrons. The lowest BCUT2D eigenvalue weighted by Gasteiger charge is -2.36. The zero-order valence-electron chi connectivity index (χ0n) is 14.6. The molecule has 2 amide bonds. The van der Waals surface area contributed by atoms with Crippen molar-refractivity contribution in [3.63, 3.8) is 0 Å². The van der Waals surface area contributed by atoms with Crippen molar-refractivity contribution in [2.24, 2.45) is 0 Å². The van der Waals surface area contributed by atoms with Gasteiger partial charge in [0.05, 0.1) is 21.9 Å². The first-order valence-electron chi connectivity index (χ1n) is 8.84. The van der Waals surface area contributed by atoms with Crippen LogP contribution in [0.1, 0.15) is 11.3 Å². The highest BCUT2D eigenvalue weighted by Crippen LogP contribution is 2.27. The highest BCUT2D eigenvalue weighted by molar-refractivity contribution is 9.11. The lowest BCUT2D eigenvalue weighted by molar-refractivity contribution is -0.123. The summed E-state index contributed by atoms with van der Waals surface area (Å²) < 4.78 is 14.3. The standard InChI is InChI=1S/C19H19BrFN3O2S/c20-17-6-5-15(27-17)12-22-7-9-23(10-8-22)16-11-18(25)24(19(16)26)14-3-1-13(21)2-4-14/h1-6,16H,7-12H2/t16-/m0/s1. The molecular weight excluding hydrogens is 433 g/mol. The number of hydrogen-bond donors (Lipinski definition) is 0. The number of halogens is 2. The van der Waals surface area contributed by atoms with Gasteiger partial charge in [-0.25, -0.2) is 9.29 Å². The molecule has 1 atom stereocenters. The van der Waals surface area contributed by atoms with Gasteiger partial charge in [0.1, 0.15) is 5.82 Å². The van der Waals surface area contributed by atoms with Crippen LogP contribution in [0, 0.1) is 5.82 Å². The Hall–Kier alpha value is -1.61. The van der Waals surface area contributed by atoms with Gasteiger partial charge in [0, 0.05) is 37.6 Å². The van der Waals surface area contributed by atoms with Crippen LogP contribution in [0.3, 0.4) is 0 Å². The second-order valence-corrected chi connectivity index (χ2v) is 9.33. The van der Waals surface area contributed by atoms with E-state index in [2.05, 4.69) is 37.9 Å². The van der Waals surface area contributed by atoms with Crippen molar-refractivity contribution in [3.8, 4) is 0 Å². The summed E-state index contributed by atoms with van der Waals surface area (Å²) in [5.74, 6) is -0.812. The number of benzene rings is 1. The van der Waals surface area contributed by atoms with Gasteiger partial charge in [-0.2, -0.15) is 0 Å². The summed E-state index contributed by atoms with van der Waals surface area (Å²) in [5.41, 5.74) is 0.441. The predicted molar refractivity (Wildman–Crippen MR) is 106 cm³/mol. The molecule has 0 saturated carbocycles. The molecule has 0 radical (unpaired) electrons. The lowest BCUT2D eigenvalue weighted by atomic mass is 10.1. The first kappa shape index (κ1) is 18.7. The molecule has 2 saturated heterocycles. The molecule has 2 fully saturated rings. The van der Waals surface area contributed by atoms with Crippen LogP contribution in [0.5, 0.6) is 0 Å². The highest BCUT2D eigenvalue weighted by Gasteiger charge is 2.43. The molecule has 8 heteroatoms. The van der Waals surface area contributed by atoms with Gasteiger partial charge in [-0.05, 0) is 52.3 Å². The van der Waals surface area contributed by atoms with Crippen molar-refractivity contribution in [2.75, 3.05) is 31.1 Å². The van der Waals surface area contributed by atoms with Gasteiger partial charge in [-0.1, -0.05) is 0 Å². The van der Waals surface area contributed by atoms with Gasteiger partial charge < -0.3 is 0 Å². The minimum atomic E-state index is -0.416. The third kappa shape index (κ3) is 3.99. The van der Waals surface area contributed by atoms with E-state index in [1.54, 1.807) is 11.3 Å². The lowest BCUT2D eigenvalue weighted by Crippen LogP contribution is -2.52. The third-order valence-electron chi connectivity index (χ3n) is 5.06. The molecule has 3 heterocycles. The van der Waals surface area contributed by atoms with Gasteiger partial charge in [0.15, 0.2) is 0 Å². The van der Waals surface area contributed by atoms with E-state index in [-0.39, 0.29) is 24.1 Å². The highest BCUT2D eigenvalue weighted by atomic mass is 79.9. The van der Waals surface area contributed by atoms with Crippen LogP contribution >= 0.6 is 27.3 Å². The number of piperazine rings is 1. The normalized spacial score (nSPS) is 22.0. The molecule has 1 aromatic heterocycles. The number of rotatable bonds is 4. The quantitative estimate of drug-likeness (QED) is 0.669. The molecule has 1 aromatic carbocycles. The molecule has 2 aliphatic rings. The molecule has 0 spiro atoms. The van der Waals surface area contributed by atoms with Crippen LogP contribution in [0.4, 0.5) is 10.1 Å². The minimum absolute atomic E-state index is 0.189. The largest absolute Gasteiger partial charge is 0.296 e. The number of imide groups is 1. The average Bonchev–Trinajstić information content (AvgIpc) is 3.19. The van der Waals surface area contributed by atoms with Crippen molar-refractivity contribution in [1.82, 2.24) is 9.80 Å². The number of carbonyl (C=O) groups excluding carboxylic acids is 2. The van der Waals surface area contributed by atoms with Crippen LogP contribution in [-0.2, 0) is 16.1 Å². The van der Waals surface area contributed by atoms with Crippen molar-refractivity contribution in [1.29, 1.82) is 0 Å². The van der Waals surface area contributed by atoms with Crippen LogP contribution in [-0.4, -0.2) is 53.8 Å². The fourth-order valence-electron chi connectivity index (χ4n) is 3.65. The Kier molecular flexibility index (Phi) is 5.41. The summed E-state index contributed by atoms with van der Waals surface area (Å²) in [7, 11) is 0. The Morgan fingerprint density at radius 2 is 1.74 bits per heavy atom. The van der Waals surface area contributed by atoms with Gasteiger partial charge in [0.2, 0.25) is 5.91 Å². The number of amides is 2. The zero-order chi connectivity index (χ0) is 19.0. The summed E-state index contributed by atoms with van der Waals surface area (Å²) >= 11 is 5.23. The third-order valence-corrected chi connectivity index (χ3v) is 6.67. The summed E-state index contributed by atoms with van der Waals surface area (Å²) in [5, 5.41) is 0. The second-order valence-electron chi connectivity index (χ2n) is 6.78. The van der Waals surface area contributed by atoms with Gasteiger partial charge in [-0.3, -0.25) is 19.4 Å². The summed E-state index contributed by atoms with van der Waals surface area (Å²) in [6, 6.07) is 9.26. The first-order valence-corrected chi connectivity index (χ1v) is 10.5. The number of hydrogen-bond acceptors (Lipinski definition) is 5. The van der Waals surface area contributed by atoms with Gasteiger partial charge in [-0.15, -0.1) is 11.3 Å². The van der Waals surface area contributed by atoms with Crippen LogP contribution in [0.15, 0.2) is 40.2 Å². The molecule has 2 aliphatic heterocycles.